The molecule has 31 heavy (non-hydrogen) atoms. The van der Waals surface area contributed by atoms with E-state index in [0.29, 0.717) is 13.2 Å². The van der Waals surface area contributed by atoms with E-state index in [2.05, 4.69) is 11.8 Å². The Kier molecular flexibility index (Phi) is 27.7. The van der Waals surface area contributed by atoms with Crippen LogP contribution < -0.4 is 0 Å². The Balaban J connectivity index is 3.59. The van der Waals surface area contributed by atoms with Crippen LogP contribution in [0.25, 0.3) is 0 Å². The lowest BCUT2D eigenvalue weighted by molar-refractivity contribution is 0.0760. The minimum atomic E-state index is 0.102. The summed E-state index contributed by atoms with van der Waals surface area (Å²) in [4.78, 5) is 2.52. The van der Waals surface area contributed by atoms with Crippen molar-refractivity contribution < 1.29 is 19.7 Å². The molecule has 2 N–H and O–H groups in total. The fourth-order valence-corrected chi connectivity index (χ4v) is 3.98. The number of hydrogen-bond acceptors (Lipinski definition) is 5. The van der Waals surface area contributed by atoms with E-state index >= 15 is 0 Å². The van der Waals surface area contributed by atoms with E-state index in [9.17, 15) is 0 Å². The summed E-state index contributed by atoms with van der Waals surface area (Å²) in [6.45, 7) is 8.04. The Morgan fingerprint density at radius 2 is 0.806 bits per heavy atom. The van der Waals surface area contributed by atoms with Gasteiger partial charge in [-0.3, -0.25) is 0 Å². The molecule has 0 aromatic heterocycles. The zero-order valence-corrected chi connectivity index (χ0v) is 20.8. The van der Waals surface area contributed by atoms with E-state index in [0.717, 1.165) is 45.7 Å². The van der Waals surface area contributed by atoms with Crippen molar-refractivity contribution in [3.63, 3.8) is 0 Å². The van der Waals surface area contributed by atoms with Crippen molar-refractivity contribution in [2.45, 2.75) is 110 Å². The van der Waals surface area contributed by atoms with Crippen molar-refractivity contribution in [1.82, 2.24) is 4.90 Å². The van der Waals surface area contributed by atoms with E-state index in [-0.39, 0.29) is 13.2 Å². The SMILES string of the molecule is CCCCCCCCCCCCCCCCN(CCCOCCO)CCCOCCO. The maximum atomic E-state index is 8.79. The Morgan fingerprint density at radius 3 is 1.19 bits per heavy atom. The largest absolute Gasteiger partial charge is 0.394 e. The van der Waals surface area contributed by atoms with Crippen LogP contribution in [-0.2, 0) is 9.47 Å². The molecular formula is C26H55NO4. The number of unbranched alkanes of at least 4 members (excludes halogenated alkanes) is 13. The number of ether oxygens (including phenoxy) is 2. The highest BCUT2D eigenvalue weighted by molar-refractivity contribution is 4.59. The quantitative estimate of drug-likeness (QED) is 0.162. The van der Waals surface area contributed by atoms with Crippen molar-refractivity contribution >= 4 is 0 Å². The van der Waals surface area contributed by atoms with Crippen molar-refractivity contribution in [3.8, 4) is 0 Å². The highest BCUT2D eigenvalue weighted by atomic mass is 16.5. The van der Waals surface area contributed by atoms with Gasteiger partial charge in [-0.15, -0.1) is 0 Å². The van der Waals surface area contributed by atoms with E-state index < -0.39 is 0 Å². The van der Waals surface area contributed by atoms with E-state index in [4.69, 9.17) is 19.7 Å². The highest BCUT2D eigenvalue weighted by Gasteiger charge is 2.05. The molecule has 0 unspecified atom stereocenters. The minimum absolute atomic E-state index is 0.102. The Labute approximate surface area is 193 Å². The Hall–Kier alpha value is -0.200. The van der Waals surface area contributed by atoms with Crippen LogP contribution in [0.4, 0.5) is 0 Å². The zero-order valence-electron chi connectivity index (χ0n) is 20.8. The summed E-state index contributed by atoms with van der Waals surface area (Å²) >= 11 is 0. The fraction of sp³-hybridized carbons (Fsp3) is 1.00. The van der Waals surface area contributed by atoms with Crippen LogP contribution in [0.5, 0.6) is 0 Å². The van der Waals surface area contributed by atoms with E-state index in [1.165, 1.54) is 89.9 Å². The number of aliphatic hydroxyl groups excluding tert-OH is 2. The zero-order chi connectivity index (χ0) is 22.7. The van der Waals surface area contributed by atoms with Crippen LogP contribution in [0, 0.1) is 0 Å². The monoisotopic (exact) mass is 445 g/mol. The van der Waals surface area contributed by atoms with Gasteiger partial charge < -0.3 is 24.6 Å². The minimum Gasteiger partial charge on any atom is -0.394 e. The van der Waals surface area contributed by atoms with Gasteiger partial charge in [0.25, 0.3) is 0 Å². The van der Waals surface area contributed by atoms with E-state index in [1.807, 2.05) is 0 Å². The summed E-state index contributed by atoms with van der Waals surface area (Å²) in [5.74, 6) is 0. The van der Waals surface area contributed by atoms with Gasteiger partial charge in [0.2, 0.25) is 0 Å². The first-order chi connectivity index (χ1) is 15.3. The molecule has 0 aromatic rings. The molecule has 0 rings (SSSR count). The standard InChI is InChI=1S/C26H55NO4/c1-2-3-4-5-6-7-8-9-10-11-12-13-14-15-18-27(19-16-23-30-25-21-28)20-17-24-31-26-22-29/h28-29H,2-26H2,1H3. The molecule has 0 saturated carbocycles. The first-order valence-corrected chi connectivity index (χ1v) is 13.4. The molecule has 5 nitrogen and oxygen atoms in total. The lowest BCUT2D eigenvalue weighted by atomic mass is 10.0. The third-order valence-corrected chi connectivity index (χ3v) is 5.83. The topological polar surface area (TPSA) is 62.2 Å². The van der Waals surface area contributed by atoms with Crippen LogP contribution >= 0.6 is 0 Å². The molecule has 0 bridgehead atoms. The predicted molar refractivity (Wildman–Crippen MR) is 132 cm³/mol. The van der Waals surface area contributed by atoms with Gasteiger partial charge in [0.05, 0.1) is 26.4 Å². The first kappa shape index (κ1) is 30.8. The van der Waals surface area contributed by atoms with Crippen LogP contribution in [-0.4, -0.2) is 74.4 Å². The van der Waals surface area contributed by atoms with E-state index in [1.54, 1.807) is 0 Å². The van der Waals surface area contributed by atoms with Crippen LogP contribution in [0.15, 0.2) is 0 Å². The van der Waals surface area contributed by atoms with Gasteiger partial charge in [0, 0.05) is 26.3 Å². The third kappa shape index (κ3) is 25.9. The van der Waals surface area contributed by atoms with Gasteiger partial charge in [0.15, 0.2) is 0 Å². The highest BCUT2D eigenvalue weighted by Crippen LogP contribution is 2.13. The lowest BCUT2D eigenvalue weighted by Crippen LogP contribution is -2.29. The van der Waals surface area contributed by atoms with Gasteiger partial charge in [-0.1, -0.05) is 90.4 Å². The number of rotatable bonds is 27. The molecular weight excluding hydrogens is 390 g/mol. The molecule has 188 valence electrons. The second-order valence-electron chi connectivity index (χ2n) is 8.82. The van der Waals surface area contributed by atoms with Gasteiger partial charge in [-0.05, 0) is 25.8 Å². The average Bonchev–Trinajstić information content (AvgIpc) is 2.78. The Bertz CT molecular complexity index is 304. The summed E-state index contributed by atoms with van der Waals surface area (Å²) in [7, 11) is 0. The third-order valence-electron chi connectivity index (χ3n) is 5.83. The molecule has 0 radical (unpaired) electrons. The number of nitrogens with zero attached hydrogens (tertiary/aromatic N) is 1. The van der Waals surface area contributed by atoms with Crippen molar-refractivity contribution in [2.75, 3.05) is 59.3 Å². The maximum Gasteiger partial charge on any atom is 0.0697 e. The van der Waals surface area contributed by atoms with Crippen LogP contribution in [0.3, 0.4) is 0 Å². The van der Waals surface area contributed by atoms with Gasteiger partial charge >= 0.3 is 0 Å². The summed E-state index contributed by atoms with van der Waals surface area (Å²) < 4.78 is 10.8. The van der Waals surface area contributed by atoms with Crippen molar-refractivity contribution in [1.29, 1.82) is 0 Å². The summed E-state index contributed by atoms with van der Waals surface area (Å²) in [5.41, 5.74) is 0. The molecule has 0 aliphatic rings. The second-order valence-corrected chi connectivity index (χ2v) is 8.82. The lowest BCUT2D eigenvalue weighted by Gasteiger charge is -2.22. The van der Waals surface area contributed by atoms with Gasteiger partial charge in [0.1, 0.15) is 0 Å². The second kappa shape index (κ2) is 27.8. The summed E-state index contributed by atoms with van der Waals surface area (Å²) in [6.07, 6.45) is 21.6. The molecule has 0 heterocycles. The molecule has 0 atom stereocenters. The molecule has 0 fully saturated rings. The number of aliphatic hydroxyl groups is 2. The normalized spacial score (nSPS) is 11.6. The summed E-state index contributed by atoms with van der Waals surface area (Å²) in [5, 5.41) is 17.6. The molecule has 0 aliphatic heterocycles. The number of hydrogen-bond donors (Lipinski definition) is 2. The molecule has 5 heteroatoms. The molecule has 0 saturated heterocycles. The van der Waals surface area contributed by atoms with Crippen molar-refractivity contribution in [3.05, 3.63) is 0 Å². The Morgan fingerprint density at radius 1 is 0.452 bits per heavy atom. The smallest absolute Gasteiger partial charge is 0.0697 e. The van der Waals surface area contributed by atoms with Gasteiger partial charge in [-0.2, -0.15) is 0 Å². The molecule has 0 aromatic carbocycles. The molecule has 0 aliphatic carbocycles. The fourth-order valence-electron chi connectivity index (χ4n) is 3.98. The average molecular weight is 446 g/mol. The maximum absolute atomic E-state index is 8.79. The van der Waals surface area contributed by atoms with Crippen molar-refractivity contribution in [2.24, 2.45) is 0 Å². The molecule has 0 spiro atoms. The van der Waals surface area contributed by atoms with Crippen LogP contribution in [0.2, 0.25) is 0 Å². The molecule has 0 amide bonds. The predicted octanol–water partition coefficient (Wildman–Crippen LogP) is 5.57. The van der Waals surface area contributed by atoms with Crippen LogP contribution in [0.1, 0.15) is 110 Å². The first-order valence-electron chi connectivity index (χ1n) is 13.4. The summed E-state index contributed by atoms with van der Waals surface area (Å²) in [6, 6.07) is 0. The van der Waals surface area contributed by atoms with Gasteiger partial charge in [-0.25, -0.2) is 0 Å².